The van der Waals surface area contributed by atoms with E-state index < -0.39 is 0 Å². The highest BCUT2D eigenvalue weighted by Gasteiger charge is 2.10. The van der Waals surface area contributed by atoms with Crippen LogP contribution in [0, 0.1) is 12.7 Å². The molecule has 112 valence electrons. The standard InChI is InChI=1S/C16H21FN4/c1-11(2)18-9-13-10-19-16(20-12(13)3)21(4)15-7-5-6-14(17)8-15/h5-8,10-11,18H,9H2,1-4H3. The number of benzene rings is 1. The zero-order valence-corrected chi connectivity index (χ0v) is 12.9. The quantitative estimate of drug-likeness (QED) is 0.917. The third kappa shape index (κ3) is 3.98. The first-order chi connectivity index (χ1) is 9.97. The Labute approximate surface area is 125 Å². The molecule has 1 aromatic carbocycles. The van der Waals surface area contributed by atoms with Gasteiger partial charge >= 0.3 is 0 Å². The lowest BCUT2D eigenvalue weighted by molar-refractivity contribution is 0.585. The SMILES string of the molecule is Cc1nc(N(C)c2cccc(F)c2)ncc1CNC(C)C. The molecule has 0 aliphatic rings. The van der Waals surface area contributed by atoms with E-state index in [0.717, 1.165) is 23.5 Å². The number of anilines is 2. The van der Waals surface area contributed by atoms with Crippen molar-refractivity contribution in [3.8, 4) is 0 Å². The second kappa shape index (κ2) is 6.63. The summed E-state index contributed by atoms with van der Waals surface area (Å²) in [4.78, 5) is 10.7. The Morgan fingerprint density at radius 2 is 2.10 bits per heavy atom. The van der Waals surface area contributed by atoms with E-state index in [1.54, 1.807) is 11.0 Å². The summed E-state index contributed by atoms with van der Waals surface area (Å²) in [5, 5.41) is 3.35. The topological polar surface area (TPSA) is 41.1 Å². The molecule has 0 spiro atoms. The first kappa shape index (κ1) is 15.4. The Morgan fingerprint density at radius 1 is 1.33 bits per heavy atom. The van der Waals surface area contributed by atoms with E-state index in [-0.39, 0.29) is 5.82 Å². The zero-order chi connectivity index (χ0) is 15.4. The lowest BCUT2D eigenvalue weighted by atomic mass is 10.2. The minimum absolute atomic E-state index is 0.270. The fraction of sp³-hybridized carbons (Fsp3) is 0.375. The molecule has 4 nitrogen and oxygen atoms in total. The van der Waals surface area contributed by atoms with Crippen LogP contribution in [-0.4, -0.2) is 23.1 Å². The van der Waals surface area contributed by atoms with E-state index in [1.807, 2.05) is 26.2 Å². The maximum absolute atomic E-state index is 13.3. The normalized spacial score (nSPS) is 11.0. The average Bonchev–Trinajstić information content (AvgIpc) is 2.45. The number of hydrogen-bond acceptors (Lipinski definition) is 4. The highest BCUT2D eigenvalue weighted by atomic mass is 19.1. The van der Waals surface area contributed by atoms with Gasteiger partial charge in [0, 0.05) is 42.8 Å². The molecule has 0 aliphatic heterocycles. The fourth-order valence-electron chi connectivity index (χ4n) is 1.93. The molecule has 0 atom stereocenters. The molecule has 2 aromatic rings. The van der Waals surface area contributed by atoms with Gasteiger partial charge in [-0.05, 0) is 25.1 Å². The summed E-state index contributed by atoms with van der Waals surface area (Å²) < 4.78 is 13.3. The highest BCUT2D eigenvalue weighted by Crippen LogP contribution is 2.21. The van der Waals surface area contributed by atoms with Crippen molar-refractivity contribution < 1.29 is 4.39 Å². The Morgan fingerprint density at radius 3 is 2.71 bits per heavy atom. The summed E-state index contributed by atoms with van der Waals surface area (Å²) in [5.74, 6) is 0.292. The molecule has 21 heavy (non-hydrogen) atoms. The molecule has 0 aliphatic carbocycles. The predicted molar refractivity (Wildman–Crippen MR) is 83.2 cm³/mol. The van der Waals surface area contributed by atoms with Gasteiger partial charge in [-0.1, -0.05) is 19.9 Å². The van der Waals surface area contributed by atoms with E-state index >= 15 is 0 Å². The third-order valence-electron chi connectivity index (χ3n) is 3.26. The van der Waals surface area contributed by atoms with Gasteiger partial charge < -0.3 is 10.2 Å². The third-order valence-corrected chi connectivity index (χ3v) is 3.26. The molecule has 1 N–H and O–H groups in total. The first-order valence-corrected chi connectivity index (χ1v) is 7.02. The Bertz CT molecular complexity index is 613. The predicted octanol–water partition coefficient (Wildman–Crippen LogP) is 3.19. The molecule has 0 unspecified atom stereocenters. The van der Waals surface area contributed by atoms with Gasteiger partial charge in [-0.2, -0.15) is 0 Å². The van der Waals surface area contributed by atoms with Crippen LogP contribution < -0.4 is 10.2 Å². The van der Waals surface area contributed by atoms with Crippen LogP contribution in [0.15, 0.2) is 30.5 Å². The molecule has 0 bridgehead atoms. The van der Waals surface area contributed by atoms with Crippen molar-refractivity contribution in [3.63, 3.8) is 0 Å². The van der Waals surface area contributed by atoms with E-state index in [2.05, 4.69) is 29.1 Å². The van der Waals surface area contributed by atoms with Gasteiger partial charge in [0.1, 0.15) is 5.82 Å². The average molecular weight is 288 g/mol. The summed E-state index contributed by atoms with van der Waals surface area (Å²) >= 11 is 0. The summed E-state index contributed by atoms with van der Waals surface area (Å²) in [6.07, 6.45) is 1.82. The number of aryl methyl sites for hydroxylation is 1. The van der Waals surface area contributed by atoms with Crippen molar-refractivity contribution in [3.05, 3.63) is 47.5 Å². The maximum Gasteiger partial charge on any atom is 0.229 e. The lowest BCUT2D eigenvalue weighted by Crippen LogP contribution is -2.23. The van der Waals surface area contributed by atoms with Gasteiger partial charge in [0.25, 0.3) is 0 Å². The molecule has 0 saturated carbocycles. The van der Waals surface area contributed by atoms with Crippen LogP contribution in [0.25, 0.3) is 0 Å². The minimum atomic E-state index is -0.270. The molecular weight excluding hydrogens is 267 g/mol. The van der Waals surface area contributed by atoms with E-state index in [1.165, 1.54) is 12.1 Å². The van der Waals surface area contributed by atoms with E-state index in [4.69, 9.17) is 0 Å². The molecule has 1 heterocycles. The monoisotopic (exact) mass is 288 g/mol. The minimum Gasteiger partial charge on any atom is -0.314 e. The van der Waals surface area contributed by atoms with Crippen LogP contribution in [0.2, 0.25) is 0 Å². The first-order valence-electron chi connectivity index (χ1n) is 7.02. The van der Waals surface area contributed by atoms with Gasteiger partial charge in [0.05, 0.1) is 0 Å². The van der Waals surface area contributed by atoms with Gasteiger partial charge in [-0.25, -0.2) is 14.4 Å². The van der Waals surface area contributed by atoms with Crippen molar-refractivity contribution in [2.75, 3.05) is 11.9 Å². The lowest BCUT2D eigenvalue weighted by Gasteiger charge is -2.18. The Kier molecular flexibility index (Phi) is 4.85. The van der Waals surface area contributed by atoms with E-state index in [0.29, 0.717) is 12.0 Å². The fourth-order valence-corrected chi connectivity index (χ4v) is 1.93. The van der Waals surface area contributed by atoms with Crippen molar-refractivity contribution in [2.45, 2.75) is 33.4 Å². The van der Waals surface area contributed by atoms with Crippen LogP contribution in [0.4, 0.5) is 16.0 Å². The van der Waals surface area contributed by atoms with Crippen molar-refractivity contribution in [1.82, 2.24) is 15.3 Å². The number of nitrogens with one attached hydrogen (secondary N) is 1. The van der Waals surface area contributed by atoms with Gasteiger partial charge in [-0.15, -0.1) is 0 Å². The van der Waals surface area contributed by atoms with Crippen LogP contribution in [0.5, 0.6) is 0 Å². The second-order valence-electron chi connectivity index (χ2n) is 5.36. The van der Waals surface area contributed by atoms with Gasteiger partial charge in [0.2, 0.25) is 5.95 Å². The highest BCUT2D eigenvalue weighted by molar-refractivity contribution is 5.56. The number of aromatic nitrogens is 2. The summed E-state index contributed by atoms with van der Waals surface area (Å²) in [6.45, 7) is 6.90. The molecule has 0 fully saturated rings. The molecule has 1 aromatic heterocycles. The maximum atomic E-state index is 13.3. The molecule has 2 rings (SSSR count). The second-order valence-corrected chi connectivity index (χ2v) is 5.36. The number of hydrogen-bond donors (Lipinski definition) is 1. The van der Waals surface area contributed by atoms with Crippen LogP contribution in [0.3, 0.4) is 0 Å². The smallest absolute Gasteiger partial charge is 0.229 e. The largest absolute Gasteiger partial charge is 0.314 e. The number of halogens is 1. The summed E-state index contributed by atoms with van der Waals surface area (Å²) in [6, 6.07) is 6.81. The molecule has 0 amide bonds. The molecule has 0 radical (unpaired) electrons. The molecule has 5 heteroatoms. The van der Waals surface area contributed by atoms with Crippen molar-refractivity contribution in [2.24, 2.45) is 0 Å². The van der Waals surface area contributed by atoms with Gasteiger partial charge in [0.15, 0.2) is 0 Å². The summed E-state index contributed by atoms with van der Waals surface area (Å²) in [5.41, 5.74) is 2.72. The van der Waals surface area contributed by atoms with E-state index in [9.17, 15) is 4.39 Å². The Balaban J connectivity index is 2.19. The van der Waals surface area contributed by atoms with Crippen molar-refractivity contribution >= 4 is 11.6 Å². The van der Waals surface area contributed by atoms with Crippen LogP contribution in [-0.2, 0) is 6.54 Å². The van der Waals surface area contributed by atoms with Crippen molar-refractivity contribution in [1.29, 1.82) is 0 Å². The molecule has 0 saturated heterocycles. The van der Waals surface area contributed by atoms with Crippen LogP contribution >= 0.6 is 0 Å². The van der Waals surface area contributed by atoms with Gasteiger partial charge in [-0.3, -0.25) is 0 Å². The molecular formula is C16H21FN4. The summed E-state index contributed by atoms with van der Waals surface area (Å²) in [7, 11) is 1.83. The van der Waals surface area contributed by atoms with Crippen LogP contribution in [0.1, 0.15) is 25.1 Å². The zero-order valence-electron chi connectivity index (χ0n) is 12.9. The number of nitrogens with zero attached hydrogens (tertiary/aromatic N) is 3. The number of rotatable bonds is 5. The Hall–Kier alpha value is -2.01.